The van der Waals surface area contributed by atoms with Crippen molar-refractivity contribution in [3.63, 3.8) is 0 Å². The van der Waals surface area contributed by atoms with Gasteiger partial charge in [0.05, 0.1) is 12.3 Å². The van der Waals surface area contributed by atoms with E-state index in [1.165, 1.54) is 12.1 Å². The SMILES string of the molecule is O=C(C1CCC1)N(Cc1ccc(F)cc1F)CC1CC(c2ccccc2Cl)=NO1. The van der Waals surface area contributed by atoms with Crippen LogP contribution < -0.4 is 0 Å². The Hall–Kier alpha value is -2.47. The van der Waals surface area contributed by atoms with Crippen LogP contribution in [-0.4, -0.2) is 29.2 Å². The molecule has 1 amide bonds. The molecule has 1 saturated carbocycles. The van der Waals surface area contributed by atoms with Crippen molar-refractivity contribution in [1.82, 2.24) is 4.90 Å². The van der Waals surface area contributed by atoms with Crippen molar-refractivity contribution in [1.29, 1.82) is 0 Å². The van der Waals surface area contributed by atoms with Crippen molar-refractivity contribution < 1.29 is 18.4 Å². The summed E-state index contributed by atoms with van der Waals surface area (Å²) in [6.07, 6.45) is 2.87. The second kappa shape index (κ2) is 8.49. The fourth-order valence-electron chi connectivity index (χ4n) is 3.63. The van der Waals surface area contributed by atoms with E-state index < -0.39 is 11.6 Å². The molecule has 1 unspecified atom stereocenters. The van der Waals surface area contributed by atoms with Gasteiger partial charge in [-0.3, -0.25) is 4.79 Å². The maximum atomic E-state index is 14.2. The molecule has 0 spiro atoms. The van der Waals surface area contributed by atoms with Crippen molar-refractivity contribution in [3.05, 3.63) is 70.2 Å². The molecular formula is C22H21ClF2N2O2. The van der Waals surface area contributed by atoms with Crippen molar-refractivity contribution in [2.24, 2.45) is 11.1 Å². The lowest BCUT2D eigenvalue weighted by atomic mass is 9.84. The van der Waals surface area contributed by atoms with Crippen molar-refractivity contribution in [2.75, 3.05) is 6.54 Å². The number of nitrogens with zero attached hydrogens (tertiary/aromatic N) is 2. The molecule has 4 rings (SSSR count). The van der Waals surface area contributed by atoms with Gasteiger partial charge in [0.1, 0.15) is 11.6 Å². The molecule has 2 aromatic rings. The summed E-state index contributed by atoms with van der Waals surface area (Å²) in [6, 6.07) is 10.8. The van der Waals surface area contributed by atoms with Crippen molar-refractivity contribution in [3.8, 4) is 0 Å². The summed E-state index contributed by atoms with van der Waals surface area (Å²) in [6.45, 7) is 0.354. The molecule has 29 heavy (non-hydrogen) atoms. The van der Waals surface area contributed by atoms with E-state index >= 15 is 0 Å². The predicted octanol–water partition coefficient (Wildman–Crippen LogP) is 4.94. The standard InChI is InChI=1S/C22H21ClF2N2O2/c23-19-7-2-1-6-18(19)21-11-17(29-26-21)13-27(22(28)14-4-3-5-14)12-15-8-9-16(24)10-20(15)25/h1-2,6-10,14,17H,3-5,11-13H2. The normalized spacial score (nSPS) is 18.7. The van der Waals surface area contributed by atoms with Gasteiger partial charge in [0.15, 0.2) is 6.10 Å². The number of carbonyl (C=O) groups is 1. The Labute approximate surface area is 173 Å². The highest BCUT2D eigenvalue weighted by molar-refractivity contribution is 6.34. The fraction of sp³-hybridized carbons (Fsp3) is 0.364. The average molecular weight is 419 g/mol. The highest BCUT2D eigenvalue weighted by atomic mass is 35.5. The maximum absolute atomic E-state index is 14.2. The second-order valence-electron chi connectivity index (χ2n) is 7.53. The summed E-state index contributed by atoms with van der Waals surface area (Å²) in [5.41, 5.74) is 1.81. The number of amides is 1. The predicted molar refractivity (Wildman–Crippen MR) is 107 cm³/mol. The largest absolute Gasteiger partial charge is 0.390 e. The number of halogens is 3. The molecule has 4 nitrogen and oxygen atoms in total. The van der Waals surface area contributed by atoms with Crippen molar-refractivity contribution >= 4 is 23.2 Å². The van der Waals surface area contributed by atoms with E-state index in [1.807, 2.05) is 18.2 Å². The molecule has 2 aromatic carbocycles. The van der Waals surface area contributed by atoms with Gasteiger partial charge in [-0.15, -0.1) is 0 Å². The molecule has 1 fully saturated rings. The molecule has 7 heteroatoms. The van der Waals surface area contributed by atoms with Gasteiger partial charge in [-0.05, 0) is 25.0 Å². The zero-order valence-corrected chi connectivity index (χ0v) is 16.5. The summed E-state index contributed by atoms with van der Waals surface area (Å²) < 4.78 is 27.4. The molecule has 2 aliphatic rings. The summed E-state index contributed by atoms with van der Waals surface area (Å²) in [7, 11) is 0. The molecule has 0 aromatic heterocycles. The Balaban J connectivity index is 1.47. The van der Waals surface area contributed by atoms with Crippen LogP contribution >= 0.6 is 11.6 Å². The van der Waals surface area contributed by atoms with Crippen LogP contribution in [0.15, 0.2) is 47.6 Å². The lowest BCUT2D eigenvalue weighted by Crippen LogP contribution is -2.42. The number of oxime groups is 1. The third-order valence-corrected chi connectivity index (χ3v) is 5.81. The molecular weight excluding hydrogens is 398 g/mol. The number of hydrogen-bond acceptors (Lipinski definition) is 3. The Morgan fingerprint density at radius 2 is 2.00 bits per heavy atom. The van der Waals surface area contributed by atoms with E-state index in [0.717, 1.165) is 36.6 Å². The average Bonchev–Trinajstić information content (AvgIpc) is 3.10. The van der Waals surface area contributed by atoms with Gasteiger partial charge in [-0.1, -0.05) is 47.4 Å². The van der Waals surface area contributed by atoms with Crippen LogP contribution in [0.1, 0.15) is 36.8 Å². The van der Waals surface area contributed by atoms with Crippen LogP contribution in [0.2, 0.25) is 5.02 Å². The van der Waals surface area contributed by atoms with Crippen LogP contribution in [0.25, 0.3) is 0 Å². The molecule has 1 aliphatic heterocycles. The Morgan fingerprint density at radius 1 is 1.21 bits per heavy atom. The highest BCUT2D eigenvalue weighted by Gasteiger charge is 2.33. The number of benzene rings is 2. The molecule has 0 bridgehead atoms. The summed E-state index contributed by atoms with van der Waals surface area (Å²) in [4.78, 5) is 20.1. The van der Waals surface area contributed by atoms with E-state index in [4.69, 9.17) is 16.4 Å². The maximum Gasteiger partial charge on any atom is 0.226 e. The fourth-order valence-corrected chi connectivity index (χ4v) is 3.87. The number of rotatable bonds is 6. The first-order chi connectivity index (χ1) is 14.0. The van der Waals surface area contributed by atoms with E-state index in [2.05, 4.69) is 5.16 Å². The quantitative estimate of drug-likeness (QED) is 0.666. The first kappa shape index (κ1) is 19.8. The summed E-state index contributed by atoms with van der Waals surface area (Å²) >= 11 is 6.24. The van der Waals surface area contributed by atoms with Gasteiger partial charge in [0, 0.05) is 41.1 Å². The third kappa shape index (κ3) is 4.42. The smallest absolute Gasteiger partial charge is 0.226 e. The number of carbonyl (C=O) groups excluding carboxylic acids is 1. The lowest BCUT2D eigenvalue weighted by Gasteiger charge is -2.32. The molecule has 1 aliphatic carbocycles. The van der Waals surface area contributed by atoms with Gasteiger partial charge in [-0.2, -0.15) is 0 Å². The van der Waals surface area contributed by atoms with Crippen molar-refractivity contribution in [2.45, 2.75) is 38.3 Å². The third-order valence-electron chi connectivity index (χ3n) is 5.48. The Bertz CT molecular complexity index is 946. The lowest BCUT2D eigenvalue weighted by molar-refractivity contribution is -0.140. The Kier molecular flexibility index (Phi) is 5.81. The van der Waals surface area contributed by atoms with Crippen LogP contribution in [0, 0.1) is 17.6 Å². The minimum Gasteiger partial charge on any atom is -0.390 e. The van der Waals surface area contributed by atoms with E-state index in [-0.39, 0.29) is 36.6 Å². The Morgan fingerprint density at radius 3 is 2.69 bits per heavy atom. The van der Waals surface area contributed by atoms with E-state index in [0.29, 0.717) is 11.4 Å². The van der Waals surface area contributed by atoms with Gasteiger partial charge < -0.3 is 9.74 Å². The number of hydrogen-bond donors (Lipinski definition) is 0. The molecule has 0 N–H and O–H groups in total. The second-order valence-corrected chi connectivity index (χ2v) is 7.94. The first-order valence-corrected chi connectivity index (χ1v) is 10.1. The summed E-state index contributed by atoms with van der Waals surface area (Å²) in [5, 5.41) is 4.74. The monoisotopic (exact) mass is 418 g/mol. The van der Waals surface area contributed by atoms with E-state index in [1.54, 1.807) is 11.0 Å². The topological polar surface area (TPSA) is 41.9 Å². The van der Waals surface area contributed by atoms with Crippen LogP contribution in [0.3, 0.4) is 0 Å². The van der Waals surface area contributed by atoms with Gasteiger partial charge in [-0.25, -0.2) is 8.78 Å². The van der Waals surface area contributed by atoms with Gasteiger partial charge in [0.25, 0.3) is 0 Å². The summed E-state index contributed by atoms with van der Waals surface area (Å²) in [5.74, 6) is -1.35. The molecule has 0 radical (unpaired) electrons. The molecule has 152 valence electrons. The van der Waals surface area contributed by atoms with E-state index in [9.17, 15) is 13.6 Å². The first-order valence-electron chi connectivity index (χ1n) is 9.71. The minimum atomic E-state index is -0.656. The van der Waals surface area contributed by atoms with Gasteiger partial charge in [0.2, 0.25) is 5.91 Å². The zero-order valence-electron chi connectivity index (χ0n) is 15.8. The molecule has 1 heterocycles. The van der Waals surface area contributed by atoms with Gasteiger partial charge >= 0.3 is 0 Å². The van der Waals surface area contributed by atoms with Crippen LogP contribution in [-0.2, 0) is 16.2 Å². The van der Waals surface area contributed by atoms with Crippen LogP contribution in [0.5, 0.6) is 0 Å². The zero-order chi connectivity index (χ0) is 20.4. The minimum absolute atomic E-state index is 0.0187. The van der Waals surface area contributed by atoms with Crippen LogP contribution in [0.4, 0.5) is 8.78 Å². The molecule has 1 atom stereocenters. The highest BCUT2D eigenvalue weighted by Crippen LogP contribution is 2.30. The molecule has 0 saturated heterocycles.